The first kappa shape index (κ1) is 32.1. The van der Waals surface area contributed by atoms with Gasteiger partial charge in [0.05, 0.1) is 46.6 Å². The molecule has 2 aromatic carbocycles. The third-order valence-corrected chi connectivity index (χ3v) is 9.07. The zero-order chi connectivity index (χ0) is 32.4. The Morgan fingerprint density at radius 3 is 2.56 bits per heavy atom. The van der Waals surface area contributed by atoms with Gasteiger partial charge in [-0.15, -0.1) is 0 Å². The van der Waals surface area contributed by atoms with Crippen LogP contribution in [0.3, 0.4) is 0 Å². The molecule has 12 heteroatoms. The van der Waals surface area contributed by atoms with Gasteiger partial charge in [-0.05, 0) is 95.9 Å². The van der Waals surface area contributed by atoms with Crippen molar-refractivity contribution in [2.45, 2.75) is 58.6 Å². The van der Waals surface area contributed by atoms with E-state index in [0.29, 0.717) is 37.7 Å². The fourth-order valence-corrected chi connectivity index (χ4v) is 6.98. The molecule has 1 atom stereocenters. The molecular weight excluding hydrogens is 596 g/mol. The highest BCUT2D eigenvalue weighted by Crippen LogP contribution is 2.37. The van der Waals surface area contributed by atoms with Crippen LogP contribution in [0.1, 0.15) is 69.2 Å². The van der Waals surface area contributed by atoms with Crippen molar-refractivity contribution in [3.05, 3.63) is 94.2 Å². The van der Waals surface area contributed by atoms with Gasteiger partial charge in [-0.3, -0.25) is 19.5 Å². The Hall–Kier alpha value is -4.29. The van der Waals surface area contributed by atoms with Crippen molar-refractivity contribution < 1.29 is 23.9 Å². The number of hydrogen-bond acceptors (Lipinski definition) is 10. The molecule has 1 saturated heterocycles. The second-order valence-corrected chi connectivity index (χ2v) is 12.5. The van der Waals surface area contributed by atoms with E-state index in [-0.39, 0.29) is 40.4 Å². The summed E-state index contributed by atoms with van der Waals surface area (Å²) >= 11 is 1.16. The van der Waals surface area contributed by atoms with Crippen LogP contribution in [0.2, 0.25) is 0 Å². The monoisotopic (exact) mass is 634 g/mol. The van der Waals surface area contributed by atoms with Crippen LogP contribution < -0.4 is 24.4 Å². The van der Waals surface area contributed by atoms with Crippen LogP contribution in [0.15, 0.2) is 57.5 Å². The molecule has 0 radical (unpaired) electrons. The number of esters is 1. The largest absolute Gasteiger partial charge is 0.493 e. The lowest BCUT2D eigenvalue weighted by Crippen LogP contribution is -2.40. The maximum Gasteiger partial charge on any atom is 0.338 e. The van der Waals surface area contributed by atoms with E-state index < -0.39 is 12.0 Å². The van der Waals surface area contributed by atoms with Crippen molar-refractivity contribution in [1.82, 2.24) is 9.47 Å². The number of carbonyl (C=O) groups excluding carboxylic acids is 1. The highest BCUT2D eigenvalue weighted by atomic mass is 32.1. The van der Waals surface area contributed by atoms with Crippen molar-refractivity contribution in [1.29, 1.82) is 0 Å². The second-order valence-electron chi connectivity index (χ2n) is 11.5. The van der Waals surface area contributed by atoms with Gasteiger partial charge in [-0.1, -0.05) is 29.5 Å². The molecule has 3 aromatic rings. The lowest BCUT2D eigenvalue weighted by molar-refractivity contribution is -0.385. The zero-order valence-electron chi connectivity index (χ0n) is 26.4. The van der Waals surface area contributed by atoms with Crippen LogP contribution in [0.5, 0.6) is 11.5 Å². The van der Waals surface area contributed by atoms with Crippen LogP contribution >= 0.6 is 11.3 Å². The molecule has 2 aliphatic rings. The zero-order valence-corrected chi connectivity index (χ0v) is 27.2. The third-order valence-electron chi connectivity index (χ3n) is 8.09. The fraction of sp³-hybridized carbons (Fsp3) is 0.424. The van der Waals surface area contributed by atoms with Gasteiger partial charge in [0.15, 0.2) is 16.3 Å². The average Bonchev–Trinajstić information content (AvgIpc) is 3.30. The summed E-state index contributed by atoms with van der Waals surface area (Å²) in [6, 6.07) is 9.64. The predicted molar refractivity (Wildman–Crippen MR) is 172 cm³/mol. The molecule has 1 fully saturated rings. The van der Waals surface area contributed by atoms with Crippen molar-refractivity contribution in [3.63, 3.8) is 0 Å². The minimum absolute atomic E-state index is 0.0557. The summed E-state index contributed by atoms with van der Waals surface area (Å²) in [5, 5.41) is 12.1. The standard InChI is InChI=1S/C33H38N4O7S/c1-7-43-32(39)29-20(4)34-33-36(30(29)23-9-11-26(44-19(2)3)27(18-23)42-6)31(38)28(45-33)17-21-8-10-24(25(16-21)37(40)41)22-12-14-35(5)15-13-22/h8-11,16-19,22,30H,7,12-15H2,1-6H3/b28-17-/t30-/m0/s1. The lowest BCUT2D eigenvalue weighted by atomic mass is 9.88. The normalized spacial score (nSPS) is 17.7. The van der Waals surface area contributed by atoms with E-state index in [1.54, 1.807) is 38.1 Å². The summed E-state index contributed by atoms with van der Waals surface area (Å²) in [7, 11) is 3.58. The Balaban J connectivity index is 1.63. The Morgan fingerprint density at radius 2 is 1.91 bits per heavy atom. The van der Waals surface area contributed by atoms with Crippen LogP contribution in [0.4, 0.5) is 5.69 Å². The number of hydrogen-bond donors (Lipinski definition) is 0. The van der Waals surface area contributed by atoms with Crippen molar-refractivity contribution >= 4 is 29.1 Å². The Bertz CT molecular complexity index is 1830. The molecule has 3 heterocycles. The summed E-state index contributed by atoms with van der Waals surface area (Å²) in [4.78, 5) is 46.4. The van der Waals surface area contributed by atoms with Gasteiger partial charge in [0.1, 0.15) is 0 Å². The molecule has 0 spiro atoms. The van der Waals surface area contributed by atoms with Gasteiger partial charge in [-0.25, -0.2) is 9.79 Å². The first-order valence-electron chi connectivity index (χ1n) is 15.0. The summed E-state index contributed by atoms with van der Waals surface area (Å²) in [6.45, 7) is 9.19. The minimum atomic E-state index is -0.842. The molecular formula is C33H38N4O7S. The number of ether oxygens (including phenoxy) is 3. The highest BCUT2D eigenvalue weighted by Gasteiger charge is 2.34. The van der Waals surface area contributed by atoms with E-state index in [2.05, 4.69) is 16.9 Å². The number of allylic oxidation sites excluding steroid dienone is 1. The molecule has 45 heavy (non-hydrogen) atoms. The first-order valence-corrected chi connectivity index (χ1v) is 15.8. The summed E-state index contributed by atoms with van der Waals surface area (Å²) < 4.78 is 18.7. The summed E-state index contributed by atoms with van der Waals surface area (Å²) in [5.41, 5.74) is 2.24. The number of likely N-dealkylation sites (tertiary alicyclic amines) is 1. The summed E-state index contributed by atoms with van der Waals surface area (Å²) in [5.74, 6) is 0.532. The van der Waals surface area contributed by atoms with E-state index in [0.717, 1.165) is 42.8 Å². The number of carbonyl (C=O) groups is 1. The highest BCUT2D eigenvalue weighted by molar-refractivity contribution is 7.07. The van der Waals surface area contributed by atoms with Crippen LogP contribution in [-0.4, -0.2) is 60.3 Å². The number of benzene rings is 2. The average molecular weight is 635 g/mol. The third kappa shape index (κ3) is 6.57. The van der Waals surface area contributed by atoms with Gasteiger partial charge in [0, 0.05) is 11.6 Å². The number of nitro groups is 1. The van der Waals surface area contributed by atoms with Crippen LogP contribution in [-0.2, 0) is 9.53 Å². The quantitative estimate of drug-likeness (QED) is 0.194. The molecule has 0 amide bonds. The minimum Gasteiger partial charge on any atom is -0.493 e. The fourth-order valence-electron chi connectivity index (χ4n) is 5.94. The predicted octanol–water partition coefficient (Wildman–Crippen LogP) is 4.31. The number of nitro benzene ring substituents is 1. The maximum absolute atomic E-state index is 14.1. The van der Waals surface area contributed by atoms with E-state index >= 15 is 0 Å². The second kappa shape index (κ2) is 13.4. The molecule has 0 saturated carbocycles. The molecule has 0 unspecified atom stereocenters. The number of thiazole rings is 1. The first-order chi connectivity index (χ1) is 21.5. The molecule has 0 aliphatic carbocycles. The Kier molecular flexibility index (Phi) is 9.54. The van der Waals surface area contributed by atoms with E-state index in [9.17, 15) is 19.7 Å². The molecule has 5 rings (SSSR count). The molecule has 0 bridgehead atoms. The maximum atomic E-state index is 14.1. The Labute approximate surface area is 265 Å². The molecule has 1 aromatic heterocycles. The molecule has 2 aliphatic heterocycles. The summed E-state index contributed by atoms with van der Waals surface area (Å²) in [6.07, 6.45) is 3.27. The van der Waals surface area contributed by atoms with E-state index in [1.807, 2.05) is 26.0 Å². The van der Waals surface area contributed by atoms with E-state index in [4.69, 9.17) is 14.2 Å². The van der Waals surface area contributed by atoms with Gasteiger partial charge >= 0.3 is 5.97 Å². The molecule has 0 N–H and O–H groups in total. The van der Waals surface area contributed by atoms with Gasteiger partial charge in [0.2, 0.25) is 0 Å². The van der Waals surface area contributed by atoms with Crippen LogP contribution in [0.25, 0.3) is 6.08 Å². The van der Waals surface area contributed by atoms with Crippen molar-refractivity contribution in [2.24, 2.45) is 4.99 Å². The number of aromatic nitrogens is 1. The van der Waals surface area contributed by atoms with Gasteiger partial charge in [-0.2, -0.15) is 0 Å². The number of methoxy groups -OCH3 is 1. The number of fused-ring (bicyclic) bond motifs is 1. The smallest absolute Gasteiger partial charge is 0.338 e. The van der Waals surface area contributed by atoms with Crippen molar-refractivity contribution in [3.8, 4) is 11.5 Å². The topological polar surface area (TPSA) is 126 Å². The van der Waals surface area contributed by atoms with Gasteiger partial charge in [0.25, 0.3) is 11.2 Å². The molecule has 238 valence electrons. The molecule has 11 nitrogen and oxygen atoms in total. The number of nitrogens with zero attached hydrogens (tertiary/aromatic N) is 4. The van der Waals surface area contributed by atoms with Crippen molar-refractivity contribution in [2.75, 3.05) is 33.9 Å². The van der Waals surface area contributed by atoms with E-state index in [1.165, 1.54) is 17.7 Å². The Morgan fingerprint density at radius 1 is 1.18 bits per heavy atom. The van der Waals surface area contributed by atoms with Crippen LogP contribution in [0, 0.1) is 10.1 Å². The number of piperidine rings is 1. The SMILES string of the molecule is CCOC(=O)C1=C(C)N=c2s/c(=C\c3ccc(C4CCN(C)CC4)c([N+](=O)[O-])c3)c(=O)n2[C@H]1c1ccc(OC(C)C)c(OC)c1. The lowest BCUT2D eigenvalue weighted by Gasteiger charge is -2.29. The number of rotatable bonds is 9. The van der Waals surface area contributed by atoms with Gasteiger partial charge < -0.3 is 19.1 Å².